The number of anilines is 2. The first kappa shape index (κ1) is 27.7. The average Bonchev–Trinajstić information content (AvgIpc) is 3.25. The summed E-state index contributed by atoms with van der Waals surface area (Å²) in [6, 6.07) is 14.2. The van der Waals surface area contributed by atoms with E-state index in [-0.39, 0.29) is 24.4 Å². The van der Waals surface area contributed by atoms with E-state index in [0.29, 0.717) is 33.5 Å². The summed E-state index contributed by atoms with van der Waals surface area (Å²) >= 11 is 2.87. The summed E-state index contributed by atoms with van der Waals surface area (Å²) in [6.45, 7) is 6.09. The fourth-order valence-corrected chi connectivity index (χ4v) is 6.65. The third-order valence-corrected chi connectivity index (χ3v) is 8.62. The zero-order chi connectivity index (χ0) is 27.2. The van der Waals surface area contributed by atoms with Crippen molar-refractivity contribution in [2.45, 2.75) is 50.2 Å². The van der Waals surface area contributed by atoms with Gasteiger partial charge in [-0.15, -0.1) is 23.1 Å². The van der Waals surface area contributed by atoms with E-state index in [2.05, 4.69) is 17.6 Å². The number of thiophene rings is 1. The summed E-state index contributed by atoms with van der Waals surface area (Å²) in [5.41, 5.74) is 2.67. The average molecular weight is 553 g/mol. The maximum atomic E-state index is 13.2. The number of thioether (sulfide) groups is 1. The van der Waals surface area contributed by atoms with Gasteiger partial charge >= 0.3 is 5.97 Å². The van der Waals surface area contributed by atoms with Crippen LogP contribution in [0, 0.1) is 5.92 Å². The highest BCUT2D eigenvalue weighted by Gasteiger charge is 2.30. The Balaban J connectivity index is 1.43. The molecule has 1 aliphatic rings. The van der Waals surface area contributed by atoms with Crippen LogP contribution in [-0.4, -0.2) is 36.8 Å². The molecule has 0 radical (unpaired) electrons. The predicted molar refractivity (Wildman–Crippen MR) is 153 cm³/mol. The molecule has 200 valence electrons. The van der Waals surface area contributed by atoms with Crippen LogP contribution < -0.4 is 15.4 Å². The molecule has 0 fully saturated rings. The van der Waals surface area contributed by atoms with Gasteiger partial charge in [0.25, 0.3) is 5.91 Å². The van der Waals surface area contributed by atoms with Crippen molar-refractivity contribution in [3.05, 3.63) is 70.1 Å². The normalized spacial score (nSPS) is 15.2. The van der Waals surface area contributed by atoms with Crippen LogP contribution in [0.4, 0.5) is 10.7 Å². The van der Waals surface area contributed by atoms with Gasteiger partial charge in [-0.3, -0.25) is 9.59 Å². The first-order valence-corrected chi connectivity index (χ1v) is 14.3. The molecule has 2 atom stereocenters. The number of esters is 1. The fourth-order valence-electron chi connectivity index (χ4n) is 4.32. The van der Waals surface area contributed by atoms with Gasteiger partial charge < -0.3 is 20.1 Å². The number of carbonyl (C=O) groups excluding carboxylic acids is 3. The summed E-state index contributed by atoms with van der Waals surface area (Å²) in [5, 5.41) is 6.03. The molecule has 0 bridgehead atoms. The highest BCUT2D eigenvalue weighted by molar-refractivity contribution is 8.00. The molecule has 7 nitrogen and oxygen atoms in total. The molecule has 3 aromatic rings. The molecule has 0 saturated carbocycles. The number of benzene rings is 2. The molecular weight excluding hydrogens is 520 g/mol. The first-order chi connectivity index (χ1) is 18.3. The lowest BCUT2D eigenvalue weighted by molar-refractivity contribution is -0.115. The van der Waals surface area contributed by atoms with Crippen molar-refractivity contribution in [1.29, 1.82) is 0 Å². The molecule has 1 aliphatic carbocycles. The van der Waals surface area contributed by atoms with Gasteiger partial charge in [0.05, 0.1) is 24.5 Å². The number of hydrogen-bond acceptors (Lipinski definition) is 7. The first-order valence-electron chi connectivity index (χ1n) is 12.6. The van der Waals surface area contributed by atoms with E-state index in [0.717, 1.165) is 34.6 Å². The maximum absolute atomic E-state index is 13.2. The van der Waals surface area contributed by atoms with Crippen LogP contribution in [-0.2, 0) is 22.4 Å². The van der Waals surface area contributed by atoms with E-state index in [9.17, 15) is 14.4 Å². The summed E-state index contributed by atoms with van der Waals surface area (Å²) in [4.78, 5) is 40.6. The van der Waals surface area contributed by atoms with Crippen LogP contribution in [0.5, 0.6) is 5.75 Å². The molecule has 2 N–H and O–H groups in total. The second-order valence-electron chi connectivity index (χ2n) is 9.24. The van der Waals surface area contributed by atoms with Gasteiger partial charge in [-0.2, -0.15) is 0 Å². The molecule has 38 heavy (non-hydrogen) atoms. The summed E-state index contributed by atoms with van der Waals surface area (Å²) in [5.74, 6) is 0.420. The summed E-state index contributed by atoms with van der Waals surface area (Å²) < 4.78 is 10.5. The van der Waals surface area contributed by atoms with Crippen LogP contribution in [0.2, 0.25) is 0 Å². The number of rotatable bonds is 9. The smallest absolute Gasteiger partial charge is 0.341 e. The Labute approximate surface area is 231 Å². The summed E-state index contributed by atoms with van der Waals surface area (Å²) in [6.07, 6.45) is 2.74. The Morgan fingerprint density at radius 2 is 1.89 bits per heavy atom. The van der Waals surface area contributed by atoms with E-state index < -0.39 is 5.25 Å². The molecule has 2 unspecified atom stereocenters. The second kappa shape index (κ2) is 12.5. The number of hydrogen-bond donors (Lipinski definition) is 2. The molecule has 0 spiro atoms. The van der Waals surface area contributed by atoms with Gasteiger partial charge in [-0.25, -0.2) is 4.79 Å². The lowest BCUT2D eigenvalue weighted by Gasteiger charge is -2.18. The Morgan fingerprint density at radius 3 is 2.61 bits per heavy atom. The minimum Gasteiger partial charge on any atom is -0.497 e. The van der Waals surface area contributed by atoms with E-state index in [1.165, 1.54) is 23.1 Å². The Morgan fingerprint density at radius 1 is 1.13 bits per heavy atom. The fraction of sp³-hybridized carbons (Fsp3) is 0.345. The largest absolute Gasteiger partial charge is 0.497 e. The third kappa shape index (κ3) is 6.57. The molecule has 2 aromatic carbocycles. The van der Waals surface area contributed by atoms with Crippen LogP contribution in [0.3, 0.4) is 0 Å². The molecule has 0 aliphatic heterocycles. The van der Waals surface area contributed by atoms with E-state index in [4.69, 9.17) is 9.47 Å². The molecule has 1 aromatic heterocycles. The minimum absolute atomic E-state index is 0.195. The van der Waals surface area contributed by atoms with Gasteiger partial charge in [0.2, 0.25) is 5.91 Å². The molecule has 2 amide bonds. The number of carbonyl (C=O) groups is 3. The molecule has 4 rings (SSSR count). The van der Waals surface area contributed by atoms with Crippen LogP contribution in [0.1, 0.15) is 58.3 Å². The second-order valence-corrected chi connectivity index (χ2v) is 11.8. The van der Waals surface area contributed by atoms with Crippen LogP contribution in [0.25, 0.3) is 0 Å². The monoisotopic (exact) mass is 552 g/mol. The topological polar surface area (TPSA) is 93.7 Å². The van der Waals surface area contributed by atoms with Crippen molar-refractivity contribution >= 4 is 51.6 Å². The maximum Gasteiger partial charge on any atom is 0.341 e. The van der Waals surface area contributed by atoms with E-state index >= 15 is 0 Å². The lowest BCUT2D eigenvalue weighted by atomic mass is 9.88. The molecule has 9 heteroatoms. The van der Waals surface area contributed by atoms with Crippen molar-refractivity contribution in [3.63, 3.8) is 0 Å². The molecular formula is C29H32N2O5S2. The van der Waals surface area contributed by atoms with E-state index in [1.807, 2.05) is 25.1 Å². The van der Waals surface area contributed by atoms with Crippen LogP contribution in [0.15, 0.2) is 53.4 Å². The number of ether oxygens (including phenoxy) is 2. The van der Waals surface area contributed by atoms with Crippen LogP contribution >= 0.6 is 23.1 Å². The van der Waals surface area contributed by atoms with Crippen molar-refractivity contribution in [2.24, 2.45) is 5.92 Å². The molecule has 1 heterocycles. The number of fused-ring (bicyclic) bond motifs is 1. The standard InChI is InChI=1S/C29H32N2O5S2/c1-5-36-29(34)25-23-14-9-17(2)15-24(23)38-28(25)31-26(32)18(3)37-22-8-6-7-20(16-22)30-27(33)19-10-12-21(35-4)13-11-19/h6-8,10-13,16-18H,5,9,14-15H2,1-4H3,(H,30,33)(H,31,32). The van der Waals surface area contributed by atoms with Gasteiger partial charge in [0.15, 0.2) is 0 Å². The van der Waals surface area contributed by atoms with Gasteiger partial charge in [0.1, 0.15) is 10.8 Å². The quantitative estimate of drug-likeness (QED) is 0.235. The van der Waals surface area contributed by atoms with Crippen molar-refractivity contribution in [3.8, 4) is 5.75 Å². The SMILES string of the molecule is CCOC(=O)c1c(NC(=O)C(C)Sc2cccc(NC(=O)c3ccc(OC)cc3)c2)sc2c1CCC(C)C2. The van der Waals surface area contributed by atoms with E-state index in [1.54, 1.807) is 44.4 Å². The zero-order valence-corrected chi connectivity index (χ0v) is 23.6. The lowest BCUT2D eigenvalue weighted by Crippen LogP contribution is -2.23. The number of methoxy groups -OCH3 is 1. The Hall–Kier alpha value is -3.30. The summed E-state index contributed by atoms with van der Waals surface area (Å²) in [7, 11) is 1.58. The number of nitrogens with one attached hydrogen (secondary N) is 2. The highest BCUT2D eigenvalue weighted by atomic mass is 32.2. The van der Waals surface area contributed by atoms with Gasteiger partial charge in [-0.1, -0.05) is 13.0 Å². The van der Waals surface area contributed by atoms with Crippen molar-refractivity contribution in [2.75, 3.05) is 24.4 Å². The highest BCUT2D eigenvalue weighted by Crippen LogP contribution is 2.40. The van der Waals surface area contributed by atoms with Gasteiger partial charge in [0, 0.05) is 21.0 Å². The van der Waals surface area contributed by atoms with Crippen molar-refractivity contribution in [1.82, 2.24) is 0 Å². The zero-order valence-electron chi connectivity index (χ0n) is 22.0. The minimum atomic E-state index is -0.435. The Bertz CT molecular complexity index is 1320. The Kier molecular flexibility index (Phi) is 9.12. The van der Waals surface area contributed by atoms with Gasteiger partial charge in [-0.05, 0) is 87.1 Å². The number of amides is 2. The third-order valence-electron chi connectivity index (χ3n) is 6.35. The predicted octanol–water partition coefficient (Wildman–Crippen LogP) is 6.43. The van der Waals surface area contributed by atoms with Crippen molar-refractivity contribution < 1.29 is 23.9 Å². The molecule has 0 saturated heterocycles.